The zero-order valence-corrected chi connectivity index (χ0v) is 8.24. The summed E-state index contributed by atoms with van der Waals surface area (Å²) in [5.41, 5.74) is 0. The van der Waals surface area contributed by atoms with E-state index in [9.17, 15) is 0 Å². The molecule has 3 radical (unpaired) electrons. The summed E-state index contributed by atoms with van der Waals surface area (Å²) in [7, 11) is 0. The van der Waals surface area contributed by atoms with Crippen LogP contribution in [0.25, 0.3) is 0 Å². The summed E-state index contributed by atoms with van der Waals surface area (Å²) in [6, 6.07) is 0. The average molecular weight is 210 g/mol. The molecule has 0 fully saturated rings. The van der Waals surface area contributed by atoms with Crippen LogP contribution in [0, 0.1) is 0 Å². The van der Waals surface area contributed by atoms with Crippen LogP contribution in [0.5, 0.6) is 0 Å². The van der Waals surface area contributed by atoms with Gasteiger partial charge in [-0.25, -0.2) is 0 Å². The maximum atomic E-state index is 0. The fraction of sp³-hybridized carbons (Fsp3) is 0. The molecule has 7 heteroatoms. The maximum Gasteiger partial charge on any atom is 1.00 e. The molecule has 0 aliphatic rings. The van der Waals surface area contributed by atoms with Crippen molar-refractivity contribution in [2.24, 2.45) is 0 Å². The third kappa shape index (κ3) is 50.7. The standard InChI is InChI=1S/3Li.2H2O.H2S.Sb/h;;;3*1H2;/q3*+1;;;;/p-3. The topological polar surface area (TPSA) is 60.0 Å². The van der Waals surface area contributed by atoms with E-state index in [0.29, 0.717) is 0 Å². The summed E-state index contributed by atoms with van der Waals surface area (Å²) < 4.78 is 0. The molecule has 0 aliphatic heterocycles. The number of thiol groups is 1. The second-order valence-corrected chi connectivity index (χ2v) is 0. The molecule has 0 aromatic heterocycles. The number of rotatable bonds is 0. The molecule has 0 saturated carbocycles. The van der Waals surface area contributed by atoms with Crippen molar-refractivity contribution in [3.8, 4) is 0 Å². The second-order valence-electron chi connectivity index (χ2n) is 0. The molecule has 0 bridgehead atoms. The van der Waals surface area contributed by atoms with Crippen LogP contribution in [0.15, 0.2) is 0 Å². The van der Waals surface area contributed by atoms with Crippen LogP contribution in [-0.4, -0.2) is 35.4 Å². The van der Waals surface area contributed by atoms with Gasteiger partial charge in [-0.3, -0.25) is 0 Å². The monoisotopic (exact) mass is 209 g/mol. The summed E-state index contributed by atoms with van der Waals surface area (Å²) in [4.78, 5) is 0. The molecule has 29 valence electrons. The van der Waals surface area contributed by atoms with Gasteiger partial charge in [-0.1, -0.05) is 0 Å². The van der Waals surface area contributed by atoms with E-state index >= 15 is 0 Å². The van der Waals surface area contributed by atoms with Gasteiger partial charge >= 0.3 is 56.6 Å². The summed E-state index contributed by atoms with van der Waals surface area (Å²) in [6.07, 6.45) is 0. The van der Waals surface area contributed by atoms with E-state index in [4.69, 9.17) is 0 Å². The molecule has 0 amide bonds. The minimum atomic E-state index is 0. The molecular formula is H3Li3O2SSb. The van der Waals surface area contributed by atoms with Gasteiger partial charge in [-0.05, 0) is 0 Å². The van der Waals surface area contributed by atoms with Crippen molar-refractivity contribution in [1.29, 1.82) is 0 Å². The van der Waals surface area contributed by atoms with E-state index in [-0.39, 0.29) is 105 Å². The summed E-state index contributed by atoms with van der Waals surface area (Å²) in [6.45, 7) is 0. The first-order valence-electron chi connectivity index (χ1n) is 0. The zero-order chi connectivity index (χ0) is 0. The zero-order valence-electron chi connectivity index (χ0n) is 4.79. The van der Waals surface area contributed by atoms with Gasteiger partial charge in [0.2, 0.25) is 0 Å². The minimum Gasteiger partial charge on any atom is -0.870 e. The van der Waals surface area contributed by atoms with Crippen LogP contribution >= 0.6 is 0 Å². The summed E-state index contributed by atoms with van der Waals surface area (Å²) in [5, 5.41) is 0. The van der Waals surface area contributed by atoms with Gasteiger partial charge in [0.05, 0.1) is 0 Å². The Morgan fingerprint density at radius 3 is 0.571 bits per heavy atom. The third-order valence-corrected chi connectivity index (χ3v) is 0. The Balaban J connectivity index is 0. The fourth-order valence-corrected chi connectivity index (χ4v) is 0. The number of hydrogen-bond acceptors (Lipinski definition) is 3. The first kappa shape index (κ1) is 93.9. The van der Waals surface area contributed by atoms with Gasteiger partial charge < -0.3 is 24.4 Å². The molecule has 0 aliphatic carbocycles. The Kier molecular flexibility index (Phi) is 892. The van der Waals surface area contributed by atoms with E-state index in [1.54, 1.807) is 0 Å². The Bertz CT molecular complexity index is 12.9. The Labute approximate surface area is 104 Å². The average Bonchev–Trinajstić information content (AvgIpc) is 0. The molecule has 0 aromatic rings. The van der Waals surface area contributed by atoms with Crippen molar-refractivity contribution in [1.82, 2.24) is 0 Å². The summed E-state index contributed by atoms with van der Waals surface area (Å²) >= 11 is 0. The normalized spacial score (nSPS) is 0. The molecule has 0 heterocycles. The van der Waals surface area contributed by atoms with Crippen molar-refractivity contribution in [2.75, 3.05) is 0 Å². The van der Waals surface area contributed by atoms with Gasteiger partial charge in [0.25, 0.3) is 0 Å². The number of hydrogen-bond donors (Lipinski definition) is 0. The molecule has 0 spiro atoms. The molecule has 2 nitrogen and oxygen atoms in total. The first-order chi connectivity index (χ1) is 0. The van der Waals surface area contributed by atoms with Crippen LogP contribution < -0.4 is 56.6 Å². The third-order valence-electron chi connectivity index (χ3n) is 0. The molecule has 0 saturated heterocycles. The van der Waals surface area contributed by atoms with Crippen LogP contribution in [0.2, 0.25) is 0 Å². The predicted molar refractivity (Wildman–Crippen MR) is 18.4 cm³/mol. The van der Waals surface area contributed by atoms with Crippen LogP contribution in [0.4, 0.5) is 0 Å². The Morgan fingerprint density at radius 1 is 0.571 bits per heavy atom. The van der Waals surface area contributed by atoms with Crippen molar-refractivity contribution in [2.45, 2.75) is 0 Å². The van der Waals surface area contributed by atoms with Crippen molar-refractivity contribution < 1.29 is 67.5 Å². The first-order valence-corrected chi connectivity index (χ1v) is 0. The molecule has 7 heavy (non-hydrogen) atoms. The molecule has 0 aromatic carbocycles. The fourth-order valence-electron chi connectivity index (χ4n) is 0. The largest absolute Gasteiger partial charge is 1.00 e. The molecule has 0 unspecified atom stereocenters. The minimum absolute atomic E-state index is 0. The van der Waals surface area contributed by atoms with E-state index in [2.05, 4.69) is 0 Å². The van der Waals surface area contributed by atoms with E-state index in [1.165, 1.54) is 0 Å². The molecule has 0 atom stereocenters. The van der Waals surface area contributed by atoms with Crippen molar-refractivity contribution in [3.05, 3.63) is 0 Å². The maximum absolute atomic E-state index is 0. The second kappa shape index (κ2) is 66.5. The van der Waals surface area contributed by atoms with Gasteiger partial charge in [-0.2, -0.15) is 0 Å². The van der Waals surface area contributed by atoms with Gasteiger partial charge in [-0.15, -0.1) is 0 Å². The van der Waals surface area contributed by atoms with Crippen LogP contribution in [0.3, 0.4) is 0 Å². The summed E-state index contributed by atoms with van der Waals surface area (Å²) in [5.74, 6) is 0. The van der Waals surface area contributed by atoms with Crippen LogP contribution in [-0.2, 0) is 13.5 Å². The smallest absolute Gasteiger partial charge is 0.870 e. The van der Waals surface area contributed by atoms with Gasteiger partial charge in [0, 0.05) is 24.4 Å². The Hall–Kier alpha value is 2.88. The van der Waals surface area contributed by atoms with Crippen molar-refractivity contribution >= 4 is 37.9 Å². The van der Waals surface area contributed by atoms with E-state index in [0.717, 1.165) is 0 Å². The van der Waals surface area contributed by atoms with Gasteiger partial charge in [0.1, 0.15) is 0 Å². The SMILES string of the molecule is [Li+].[Li+].[Li+].[OH-].[OH-].[SH-].[Sb]. The molecule has 2 N–H and O–H groups in total. The van der Waals surface area contributed by atoms with Crippen molar-refractivity contribution in [3.63, 3.8) is 0 Å². The van der Waals surface area contributed by atoms with E-state index in [1.807, 2.05) is 0 Å². The Morgan fingerprint density at radius 2 is 0.571 bits per heavy atom. The van der Waals surface area contributed by atoms with Gasteiger partial charge in [0.15, 0.2) is 0 Å². The quantitative estimate of drug-likeness (QED) is 0.226. The molecule has 0 rings (SSSR count). The molecular weight excluding hydrogens is 207 g/mol. The van der Waals surface area contributed by atoms with Crippen LogP contribution in [0.1, 0.15) is 0 Å². The predicted octanol–water partition coefficient (Wildman–Crippen LogP) is -9.99. The van der Waals surface area contributed by atoms with E-state index < -0.39 is 0 Å².